The Morgan fingerprint density at radius 1 is 1.00 bits per heavy atom. The molecule has 3 fully saturated rings. The number of anilines is 1. The topological polar surface area (TPSA) is 56.8 Å². The van der Waals surface area contributed by atoms with Crippen LogP contribution in [0.15, 0.2) is 0 Å². The van der Waals surface area contributed by atoms with Crippen molar-refractivity contribution in [1.82, 2.24) is 20.5 Å². The number of rotatable bonds is 2. The Hall–Kier alpha value is -1.10. The van der Waals surface area contributed by atoms with Crippen LogP contribution < -0.4 is 10.2 Å². The molecule has 2 unspecified atom stereocenters. The van der Waals surface area contributed by atoms with E-state index in [1.54, 1.807) is 0 Å². The Bertz CT molecular complexity index is 406. The number of aromatic nitrogens is 3. The molecule has 2 saturated carbocycles. The summed E-state index contributed by atoms with van der Waals surface area (Å²) in [6.45, 7) is 4.25. The number of nitrogens with one attached hydrogen (secondary N) is 2. The number of fused-ring (bicyclic) bond motifs is 1. The molecule has 0 aromatic carbocycles. The van der Waals surface area contributed by atoms with E-state index in [0.717, 1.165) is 49.8 Å². The first-order valence-electron chi connectivity index (χ1n) is 7.81. The zero-order valence-electron chi connectivity index (χ0n) is 11.4. The minimum Gasteiger partial charge on any atom is -0.338 e. The van der Waals surface area contributed by atoms with Crippen LogP contribution >= 0.6 is 0 Å². The van der Waals surface area contributed by atoms with Gasteiger partial charge in [0.1, 0.15) is 5.82 Å². The maximum atomic E-state index is 4.79. The number of nitrogens with zero attached hydrogens (tertiary/aromatic N) is 3. The van der Waals surface area contributed by atoms with Crippen molar-refractivity contribution in [3.63, 3.8) is 0 Å². The van der Waals surface area contributed by atoms with Gasteiger partial charge in [-0.15, -0.1) is 5.10 Å². The van der Waals surface area contributed by atoms with Crippen LogP contribution in [0.4, 0.5) is 5.95 Å². The average Bonchev–Trinajstić information content (AvgIpc) is 3.09. The van der Waals surface area contributed by atoms with Crippen LogP contribution in [-0.4, -0.2) is 41.4 Å². The predicted molar refractivity (Wildman–Crippen MR) is 74.3 cm³/mol. The molecule has 1 aliphatic heterocycles. The third-order valence-electron chi connectivity index (χ3n) is 5.09. The summed E-state index contributed by atoms with van der Waals surface area (Å²) in [5.41, 5.74) is 0. The standard InChI is InChI=1S/C14H23N5/c1-2-5-11-10(4-1)12(11)13-16-14(18-17-13)19-8-3-6-15-7-9-19/h10-12,15H,1-9H2,(H,16,17,18). The van der Waals surface area contributed by atoms with Crippen molar-refractivity contribution in [3.8, 4) is 0 Å². The molecule has 4 rings (SSSR count). The fourth-order valence-electron chi connectivity index (χ4n) is 4.00. The van der Waals surface area contributed by atoms with E-state index in [-0.39, 0.29) is 0 Å². The lowest BCUT2D eigenvalue weighted by Crippen LogP contribution is -2.28. The second-order valence-corrected chi connectivity index (χ2v) is 6.25. The summed E-state index contributed by atoms with van der Waals surface area (Å²) < 4.78 is 0. The van der Waals surface area contributed by atoms with Crippen LogP contribution in [0.3, 0.4) is 0 Å². The average molecular weight is 261 g/mol. The van der Waals surface area contributed by atoms with Crippen molar-refractivity contribution in [2.75, 3.05) is 31.1 Å². The third kappa shape index (κ3) is 2.14. The third-order valence-corrected chi connectivity index (χ3v) is 5.09. The molecule has 2 atom stereocenters. The van der Waals surface area contributed by atoms with E-state index in [2.05, 4.69) is 20.4 Å². The van der Waals surface area contributed by atoms with Crippen molar-refractivity contribution in [3.05, 3.63) is 5.82 Å². The smallest absolute Gasteiger partial charge is 0.244 e. The first-order chi connectivity index (χ1) is 9.43. The summed E-state index contributed by atoms with van der Waals surface area (Å²) in [5, 5.41) is 11.1. The zero-order valence-corrected chi connectivity index (χ0v) is 11.4. The van der Waals surface area contributed by atoms with Crippen molar-refractivity contribution >= 4 is 5.95 Å². The van der Waals surface area contributed by atoms with Gasteiger partial charge in [0.15, 0.2) is 0 Å². The lowest BCUT2D eigenvalue weighted by Gasteiger charge is -2.16. The molecule has 1 saturated heterocycles. The maximum absolute atomic E-state index is 4.79. The summed E-state index contributed by atoms with van der Waals surface area (Å²) in [7, 11) is 0. The number of H-pyrrole nitrogens is 1. The van der Waals surface area contributed by atoms with Gasteiger partial charge in [0.25, 0.3) is 0 Å². The molecule has 0 radical (unpaired) electrons. The highest BCUT2D eigenvalue weighted by Gasteiger charge is 2.53. The van der Waals surface area contributed by atoms with E-state index in [4.69, 9.17) is 4.98 Å². The summed E-state index contributed by atoms with van der Waals surface area (Å²) in [6, 6.07) is 0. The Morgan fingerprint density at radius 2 is 1.84 bits per heavy atom. The highest BCUT2D eigenvalue weighted by molar-refractivity contribution is 5.31. The molecule has 1 aromatic heterocycles. The normalized spacial score (nSPS) is 34.7. The van der Waals surface area contributed by atoms with Crippen molar-refractivity contribution in [2.45, 2.75) is 38.0 Å². The fraction of sp³-hybridized carbons (Fsp3) is 0.857. The molecule has 3 aliphatic rings. The quantitative estimate of drug-likeness (QED) is 0.847. The lowest BCUT2D eigenvalue weighted by molar-refractivity contribution is 0.480. The van der Waals surface area contributed by atoms with Gasteiger partial charge in [0.05, 0.1) is 0 Å². The molecular weight excluding hydrogens is 238 g/mol. The molecule has 2 aliphatic carbocycles. The minimum atomic E-state index is 0.689. The summed E-state index contributed by atoms with van der Waals surface area (Å²) in [4.78, 5) is 7.10. The largest absolute Gasteiger partial charge is 0.338 e. The van der Waals surface area contributed by atoms with Crippen LogP contribution in [0.5, 0.6) is 0 Å². The Kier molecular flexibility index (Phi) is 2.94. The maximum Gasteiger partial charge on any atom is 0.244 e. The molecular formula is C14H23N5. The highest BCUT2D eigenvalue weighted by Crippen LogP contribution is 2.60. The molecule has 1 aromatic rings. The van der Waals surface area contributed by atoms with E-state index in [1.807, 2.05) is 0 Å². The predicted octanol–water partition coefficient (Wildman–Crippen LogP) is 1.51. The number of hydrogen-bond acceptors (Lipinski definition) is 4. The van der Waals surface area contributed by atoms with Crippen LogP contribution in [-0.2, 0) is 0 Å². The highest BCUT2D eigenvalue weighted by atomic mass is 15.4. The van der Waals surface area contributed by atoms with Gasteiger partial charge in [-0.05, 0) is 37.6 Å². The van der Waals surface area contributed by atoms with Crippen molar-refractivity contribution < 1.29 is 0 Å². The van der Waals surface area contributed by atoms with Crippen LogP contribution in [0, 0.1) is 11.8 Å². The molecule has 0 amide bonds. The van der Waals surface area contributed by atoms with E-state index < -0.39 is 0 Å². The Balaban J connectivity index is 1.47. The van der Waals surface area contributed by atoms with Crippen molar-refractivity contribution in [1.29, 1.82) is 0 Å². The summed E-state index contributed by atoms with van der Waals surface area (Å²) in [5.74, 6) is 4.57. The van der Waals surface area contributed by atoms with Gasteiger partial charge in [-0.25, -0.2) is 0 Å². The molecule has 2 heterocycles. The number of hydrogen-bond donors (Lipinski definition) is 2. The second-order valence-electron chi connectivity index (χ2n) is 6.25. The molecule has 19 heavy (non-hydrogen) atoms. The second kappa shape index (κ2) is 4.78. The van der Waals surface area contributed by atoms with Gasteiger partial charge in [0.2, 0.25) is 5.95 Å². The van der Waals surface area contributed by atoms with Gasteiger partial charge < -0.3 is 10.2 Å². The molecule has 5 heteroatoms. The summed E-state index contributed by atoms with van der Waals surface area (Å²) in [6.07, 6.45) is 6.81. The van der Waals surface area contributed by atoms with Crippen LogP contribution in [0.2, 0.25) is 0 Å². The van der Waals surface area contributed by atoms with Gasteiger partial charge in [-0.3, -0.25) is 5.10 Å². The fourth-order valence-corrected chi connectivity index (χ4v) is 4.00. The van der Waals surface area contributed by atoms with Gasteiger partial charge in [0, 0.05) is 25.6 Å². The van der Waals surface area contributed by atoms with Crippen LogP contribution in [0.25, 0.3) is 0 Å². The summed E-state index contributed by atoms with van der Waals surface area (Å²) >= 11 is 0. The Labute approximate surface area is 114 Å². The molecule has 0 bridgehead atoms. The first-order valence-corrected chi connectivity index (χ1v) is 7.81. The number of aromatic amines is 1. The van der Waals surface area contributed by atoms with E-state index >= 15 is 0 Å². The van der Waals surface area contributed by atoms with Crippen LogP contribution in [0.1, 0.15) is 43.8 Å². The van der Waals surface area contributed by atoms with Crippen molar-refractivity contribution in [2.24, 2.45) is 11.8 Å². The Morgan fingerprint density at radius 3 is 2.68 bits per heavy atom. The molecule has 5 nitrogen and oxygen atoms in total. The van der Waals surface area contributed by atoms with Gasteiger partial charge in [-0.1, -0.05) is 12.8 Å². The zero-order chi connectivity index (χ0) is 12.7. The molecule has 2 N–H and O–H groups in total. The minimum absolute atomic E-state index is 0.689. The molecule has 0 spiro atoms. The van der Waals surface area contributed by atoms with Gasteiger partial charge >= 0.3 is 0 Å². The monoisotopic (exact) mass is 261 g/mol. The SMILES string of the molecule is C1CCC2C(C1)C2c1nc(N2CCCNCC2)n[nH]1. The lowest BCUT2D eigenvalue weighted by atomic mass is 10.0. The van der Waals surface area contributed by atoms with Gasteiger partial charge in [-0.2, -0.15) is 4.98 Å². The van der Waals surface area contributed by atoms with E-state index in [9.17, 15) is 0 Å². The van der Waals surface area contributed by atoms with E-state index in [1.165, 1.54) is 32.1 Å². The van der Waals surface area contributed by atoms with E-state index in [0.29, 0.717) is 5.92 Å². The molecule has 104 valence electrons. The first kappa shape index (κ1) is 11.7.